The first kappa shape index (κ1) is 24.3. The Morgan fingerprint density at radius 3 is 1.81 bits per heavy atom. The van der Waals surface area contributed by atoms with Crippen molar-refractivity contribution in [3.8, 4) is 0 Å². The van der Waals surface area contributed by atoms with Gasteiger partial charge >= 0.3 is 0 Å². The van der Waals surface area contributed by atoms with Crippen molar-refractivity contribution in [2.24, 2.45) is 5.92 Å². The van der Waals surface area contributed by atoms with Crippen molar-refractivity contribution in [3.05, 3.63) is 60.7 Å². The molecule has 6 heteroatoms. The Bertz CT molecular complexity index is 818. The molecule has 3 rings (SSSR count). The fourth-order valence-electron chi connectivity index (χ4n) is 4.04. The van der Waals surface area contributed by atoms with Crippen molar-refractivity contribution in [3.63, 3.8) is 0 Å². The van der Waals surface area contributed by atoms with E-state index in [9.17, 15) is 4.21 Å². The van der Waals surface area contributed by atoms with Crippen LogP contribution in [-0.2, 0) is 20.1 Å². The number of benzene rings is 2. The summed E-state index contributed by atoms with van der Waals surface area (Å²) >= 11 is 0. The fourth-order valence-corrected chi connectivity index (χ4v) is 9.52. The maximum Gasteiger partial charge on any atom is 0.261 e. The van der Waals surface area contributed by atoms with Gasteiger partial charge in [0.1, 0.15) is 0 Å². The van der Waals surface area contributed by atoms with Crippen LogP contribution in [-0.4, -0.2) is 43.1 Å². The van der Waals surface area contributed by atoms with Gasteiger partial charge in [-0.1, -0.05) is 81.4 Å². The van der Waals surface area contributed by atoms with Crippen molar-refractivity contribution in [1.29, 1.82) is 0 Å². The third-order valence-corrected chi connectivity index (χ3v) is 12.6. The van der Waals surface area contributed by atoms with Gasteiger partial charge in [-0.2, -0.15) is 0 Å². The van der Waals surface area contributed by atoms with E-state index in [1.54, 1.807) is 0 Å². The highest BCUT2D eigenvalue weighted by molar-refractivity contribution is 7.84. The first-order valence-electron chi connectivity index (χ1n) is 11.1. The Hall–Kier alpha value is -1.31. The summed E-state index contributed by atoms with van der Waals surface area (Å²) in [5.74, 6) is 0.310. The van der Waals surface area contributed by atoms with Gasteiger partial charge in [-0.15, -0.1) is 0 Å². The quantitative estimate of drug-likeness (QED) is 0.613. The largest absolute Gasteiger partial charge is 0.406 e. The molecule has 170 valence electrons. The Balaban J connectivity index is 1.99. The third-order valence-electron chi connectivity index (χ3n) is 5.94. The minimum absolute atomic E-state index is 0.0181. The highest BCUT2D eigenvalue weighted by atomic mass is 32.2. The fraction of sp³-hybridized carbons (Fsp3) is 0.520. The van der Waals surface area contributed by atoms with Crippen LogP contribution in [0, 0.1) is 5.92 Å². The number of rotatable bonds is 8. The van der Waals surface area contributed by atoms with Gasteiger partial charge in [0, 0.05) is 12.0 Å². The van der Waals surface area contributed by atoms with E-state index in [1.807, 2.05) is 20.8 Å². The predicted octanol–water partition coefficient (Wildman–Crippen LogP) is 3.63. The topological polar surface area (TPSA) is 47.6 Å². The molecule has 4 nitrogen and oxygen atoms in total. The van der Waals surface area contributed by atoms with Crippen LogP contribution in [0.2, 0.25) is 5.04 Å². The maximum absolute atomic E-state index is 12.9. The van der Waals surface area contributed by atoms with Crippen molar-refractivity contribution >= 4 is 29.7 Å². The average molecular weight is 460 g/mol. The molecule has 0 bridgehead atoms. The Kier molecular flexibility index (Phi) is 7.59. The molecule has 0 spiro atoms. The highest BCUT2D eigenvalue weighted by Crippen LogP contribution is 2.37. The Morgan fingerprint density at radius 1 is 0.968 bits per heavy atom. The predicted molar refractivity (Wildman–Crippen MR) is 133 cm³/mol. The van der Waals surface area contributed by atoms with Gasteiger partial charge in [-0.25, -0.2) is 8.93 Å². The van der Waals surface area contributed by atoms with Gasteiger partial charge in [-0.3, -0.25) is 0 Å². The summed E-state index contributed by atoms with van der Waals surface area (Å²) in [5.41, 5.74) is 0. The van der Waals surface area contributed by atoms with Crippen LogP contribution in [0.5, 0.6) is 0 Å². The van der Waals surface area contributed by atoms with Gasteiger partial charge in [0.15, 0.2) is 0 Å². The molecule has 1 unspecified atom stereocenters. The monoisotopic (exact) mass is 459 g/mol. The molecule has 0 radical (unpaired) electrons. The summed E-state index contributed by atoms with van der Waals surface area (Å²) in [6, 6.07) is 21.3. The second-order valence-electron chi connectivity index (χ2n) is 10.4. The number of hydrogen-bond donors (Lipinski definition) is 1. The summed E-state index contributed by atoms with van der Waals surface area (Å²) in [4.78, 5) is 0. The average Bonchev–Trinajstić information content (AvgIpc) is 2.67. The van der Waals surface area contributed by atoms with Crippen LogP contribution in [0.1, 0.15) is 41.5 Å². The zero-order chi connectivity index (χ0) is 22.7. The van der Waals surface area contributed by atoms with E-state index in [4.69, 9.17) is 9.16 Å². The molecule has 2 aromatic carbocycles. The van der Waals surface area contributed by atoms with Crippen molar-refractivity contribution in [2.45, 2.75) is 57.4 Å². The second kappa shape index (κ2) is 9.67. The molecular formula is C25H37NO3SSi. The van der Waals surface area contributed by atoms with Crippen LogP contribution >= 0.6 is 0 Å². The molecule has 0 amide bonds. The number of nitrogens with one attached hydrogen (secondary N) is 1. The standard InChI is InChI=1S/C25H37NO3SSi/c1-24(2,3)30(27)26-23(20-17-28-18-20)19-29-31(25(4,5)6,21-13-9-7-10-14-21)22-15-11-8-12-16-22/h7-16,20,23,26H,17-19H2,1-6H3/t23?,30-/m0/s1. The third kappa shape index (κ3) is 5.37. The van der Waals surface area contributed by atoms with E-state index in [0.29, 0.717) is 25.7 Å². The van der Waals surface area contributed by atoms with Gasteiger partial charge in [0.05, 0.1) is 35.6 Å². The van der Waals surface area contributed by atoms with Crippen LogP contribution in [0.3, 0.4) is 0 Å². The first-order chi connectivity index (χ1) is 14.6. The van der Waals surface area contributed by atoms with Crippen LogP contribution in [0.25, 0.3) is 0 Å². The number of hydrogen-bond acceptors (Lipinski definition) is 3. The number of ether oxygens (including phenoxy) is 1. The first-order valence-corrected chi connectivity index (χ1v) is 14.1. The highest BCUT2D eigenvalue weighted by Gasteiger charge is 2.50. The lowest BCUT2D eigenvalue weighted by atomic mass is 10.00. The minimum atomic E-state index is -2.62. The molecule has 2 aromatic rings. The van der Waals surface area contributed by atoms with Crippen molar-refractivity contribution in [1.82, 2.24) is 4.72 Å². The summed E-state index contributed by atoms with van der Waals surface area (Å²) < 4.78 is 28.5. The van der Waals surface area contributed by atoms with E-state index in [1.165, 1.54) is 10.4 Å². The molecule has 1 fully saturated rings. The van der Waals surface area contributed by atoms with Crippen molar-refractivity contribution < 1.29 is 13.4 Å². The molecule has 1 saturated heterocycles. The lowest BCUT2D eigenvalue weighted by Crippen LogP contribution is -2.68. The molecule has 0 aromatic heterocycles. The molecule has 1 N–H and O–H groups in total. The van der Waals surface area contributed by atoms with Gasteiger partial charge in [0.25, 0.3) is 8.32 Å². The van der Waals surface area contributed by atoms with Crippen molar-refractivity contribution in [2.75, 3.05) is 19.8 Å². The van der Waals surface area contributed by atoms with Crippen LogP contribution in [0.15, 0.2) is 60.7 Å². The second-order valence-corrected chi connectivity index (χ2v) is 16.7. The Morgan fingerprint density at radius 2 is 1.45 bits per heavy atom. The molecule has 1 aliphatic rings. The van der Waals surface area contributed by atoms with Crippen LogP contribution in [0.4, 0.5) is 0 Å². The summed E-state index contributed by atoms with van der Waals surface area (Å²) in [6.07, 6.45) is 0. The maximum atomic E-state index is 12.9. The molecule has 0 saturated carbocycles. The van der Waals surface area contributed by atoms with E-state index in [0.717, 1.165) is 0 Å². The van der Waals surface area contributed by atoms with Gasteiger partial charge in [-0.05, 0) is 36.2 Å². The molecule has 1 heterocycles. The molecule has 0 aliphatic carbocycles. The zero-order valence-corrected chi connectivity index (χ0v) is 21.5. The zero-order valence-electron chi connectivity index (χ0n) is 19.7. The van der Waals surface area contributed by atoms with Gasteiger partial charge in [0.2, 0.25) is 0 Å². The smallest absolute Gasteiger partial charge is 0.261 e. The van der Waals surface area contributed by atoms with E-state index < -0.39 is 19.3 Å². The Labute approximate surface area is 191 Å². The van der Waals surface area contributed by atoms with Gasteiger partial charge < -0.3 is 9.16 Å². The van der Waals surface area contributed by atoms with E-state index in [-0.39, 0.29) is 15.8 Å². The molecule has 31 heavy (non-hydrogen) atoms. The SMILES string of the molecule is CC(C)(C)[S@](=O)NC(CO[Si](c1ccccc1)(c1ccccc1)C(C)(C)C)C1COC1. The summed E-state index contributed by atoms with van der Waals surface area (Å²) in [5, 5.41) is 2.43. The van der Waals surface area contributed by atoms with E-state index >= 15 is 0 Å². The molecule has 2 atom stereocenters. The minimum Gasteiger partial charge on any atom is -0.406 e. The molecular weight excluding hydrogens is 422 g/mol. The molecule has 1 aliphatic heterocycles. The summed E-state index contributed by atoms with van der Waals surface area (Å²) in [7, 11) is -3.79. The lowest BCUT2D eigenvalue weighted by Gasteiger charge is -2.45. The normalized spacial score (nSPS) is 17.7. The summed E-state index contributed by atoms with van der Waals surface area (Å²) in [6.45, 7) is 14.7. The lowest BCUT2D eigenvalue weighted by molar-refractivity contribution is -0.0525. The van der Waals surface area contributed by atoms with E-state index in [2.05, 4.69) is 86.2 Å². The van der Waals surface area contributed by atoms with Crippen LogP contribution < -0.4 is 15.1 Å².